The van der Waals surface area contributed by atoms with Crippen molar-refractivity contribution >= 4 is 5.69 Å². The standard InChI is InChI=1S/C19H25FN4O/c1-25-12-7-19-21-13-16(14-22-19)15-23-8-2-9-24(11-10-23)18-5-3-17(20)4-6-18/h3-6,13-14H,2,7-12,15H2,1H3. The first-order chi connectivity index (χ1) is 12.2. The Hall–Kier alpha value is -2.05. The Labute approximate surface area is 148 Å². The number of hydrogen-bond donors (Lipinski definition) is 0. The molecule has 3 rings (SSSR count). The summed E-state index contributed by atoms with van der Waals surface area (Å²) >= 11 is 0. The van der Waals surface area contributed by atoms with Crippen LogP contribution in [0, 0.1) is 5.82 Å². The molecule has 0 bridgehead atoms. The molecule has 25 heavy (non-hydrogen) atoms. The zero-order valence-electron chi connectivity index (χ0n) is 14.7. The molecule has 0 atom stereocenters. The van der Waals surface area contributed by atoms with E-state index < -0.39 is 0 Å². The van der Waals surface area contributed by atoms with E-state index in [1.54, 1.807) is 7.11 Å². The maximum atomic E-state index is 13.1. The van der Waals surface area contributed by atoms with Gasteiger partial charge in [-0.1, -0.05) is 0 Å². The third-order valence-corrected chi connectivity index (χ3v) is 4.48. The van der Waals surface area contributed by atoms with E-state index >= 15 is 0 Å². The highest BCUT2D eigenvalue weighted by molar-refractivity contribution is 5.46. The van der Waals surface area contributed by atoms with Crippen molar-refractivity contribution in [1.29, 1.82) is 0 Å². The highest BCUT2D eigenvalue weighted by atomic mass is 19.1. The Morgan fingerprint density at radius 3 is 2.52 bits per heavy atom. The number of rotatable bonds is 6. The lowest BCUT2D eigenvalue weighted by Crippen LogP contribution is -2.30. The molecule has 6 heteroatoms. The van der Waals surface area contributed by atoms with Gasteiger partial charge in [-0.25, -0.2) is 14.4 Å². The largest absolute Gasteiger partial charge is 0.384 e. The molecule has 1 aliphatic heterocycles. The lowest BCUT2D eigenvalue weighted by atomic mass is 10.2. The monoisotopic (exact) mass is 344 g/mol. The topological polar surface area (TPSA) is 41.5 Å². The van der Waals surface area contributed by atoms with E-state index in [2.05, 4.69) is 19.8 Å². The van der Waals surface area contributed by atoms with Crippen molar-refractivity contribution in [2.75, 3.05) is 44.8 Å². The smallest absolute Gasteiger partial charge is 0.130 e. The van der Waals surface area contributed by atoms with E-state index in [1.165, 1.54) is 12.1 Å². The van der Waals surface area contributed by atoms with Gasteiger partial charge in [0.15, 0.2) is 0 Å². The molecule has 134 valence electrons. The Kier molecular flexibility index (Phi) is 6.30. The van der Waals surface area contributed by atoms with Gasteiger partial charge in [0.05, 0.1) is 6.61 Å². The van der Waals surface area contributed by atoms with Crippen molar-refractivity contribution in [3.05, 3.63) is 53.9 Å². The molecular weight excluding hydrogens is 319 g/mol. The number of ether oxygens (including phenoxy) is 1. The van der Waals surface area contributed by atoms with Crippen LogP contribution >= 0.6 is 0 Å². The number of benzene rings is 1. The van der Waals surface area contributed by atoms with Crippen LogP contribution in [-0.4, -0.2) is 54.8 Å². The summed E-state index contributed by atoms with van der Waals surface area (Å²) < 4.78 is 18.1. The van der Waals surface area contributed by atoms with Gasteiger partial charge in [0.2, 0.25) is 0 Å². The van der Waals surface area contributed by atoms with Gasteiger partial charge < -0.3 is 9.64 Å². The second-order valence-electron chi connectivity index (χ2n) is 6.34. The lowest BCUT2D eigenvalue weighted by molar-refractivity contribution is 0.200. The van der Waals surface area contributed by atoms with Gasteiger partial charge in [-0.3, -0.25) is 4.90 Å². The molecule has 1 aliphatic rings. The van der Waals surface area contributed by atoms with Crippen LogP contribution in [0.25, 0.3) is 0 Å². The fourth-order valence-electron chi connectivity index (χ4n) is 3.08. The number of halogens is 1. The van der Waals surface area contributed by atoms with E-state index in [-0.39, 0.29) is 5.82 Å². The fourth-order valence-corrected chi connectivity index (χ4v) is 3.08. The van der Waals surface area contributed by atoms with Crippen LogP contribution in [0.3, 0.4) is 0 Å². The first kappa shape index (κ1) is 17.8. The predicted molar refractivity (Wildman–Crippen MR) is 96.1 cm³/mol. The summed E-state index contributed by atoms with van der Waals surface area (Å²) in [4.78, 5) is 13.6. The number of aromatic nitrogens is 2. The molecule has 0 unspecified atom stereocenters. The summed E-state index contributed by atoms with van der Waals surface area (Å²) in [7, 11) is 1.68. The van der Waals surface area contributed by atoms with Crippen LogP contribution in [-0.2, 0) is 17.7 Å². The van der Waals surface area contributed by atoms with Crippen molar-refractivity contribution in [3.63, 3.8) is 0 Å². The van der Waals surface area contributed by atoms with Gasteiger partial charge in [-0.2, -0.15) is 0 Å². The zero-order chi connectivity index (χ0) is 17.5. The molecule has 1 aromatic heterocycles. The summed E-state index contributed by atoms with van der Waals surface area (Å²) in [6, 6.07) is 6.77. The van der Waals surface area contributed by atoms with Gasteiger partial charge in [0.1, 0.15) is 11.6 Å². The van der Waals surface area contributed by atoms with Crippen LogP contribution in [0.1, 0.15) is 17.8 Å². The van der Waals surface area contributed by atoms with Gasteiger partial charge >= 0.3 is 0 Å². The second kappa shape index (κ2) is 8.87. The Balaban J connectivity index is 1.53. The van der Waals surface area contributed by atoms with E-state index in [9.17, 15) is 4.39 Å². The minimum absolute atomic E-state index is 0.186. The highest BCUT2D eigenvalue weighted by Crippen LogP contribution is 2.17. The Morgan fingerprint density at radius 2 is 1.80 bits per heavy atom. The van der Waals surface area contributed by atoms with Crippen molar-refractivity contribution in [3.8, 4) is 0 Å². The molecule has 2 aromatic rings. The van der Waals surface area contributed by atoms with Crippen LogP contribution < -0.4 is 4.90 Å². The molecule has 0 saturated carbocycles. The maximum Gasteiger partial charge on any atom is 0.130 e. The molecule has 2 heterocycles. The third kappa shape index (κ3) is 5.21. The molecule has 0 amide bonds. The number of hydrogen-bond acceptors (Lipinski definition) is 5. The van der Waals surface area contributed by atoms with E-state index in [0.29, 0.717) is 6.61 Å². The van der Waals surface area contributed by atoms with Crippen LogP contribution in [0.5, 0.6) is 0 Å². The fraction of sp³-hybridized carbons (Fsp3) is 0.474. The Bertz CT molecular complexity index is 647. The average molecular weight is 344 g/mol. The molecule has 0 N–H and O–H groups in total. The zero-order valence-corrected chi connectivity index (χ0v) is 14.7. The first-order valence-corrected chi connectivity index (χ1v) is 8.76. The first-order valence-electron chi connectivity index (χ1n) is 8.76. The molecule has 1 aromatic carbocycles. The van der Waals surface area contributed by atoms with Gasteiger partial charge in [-0.15, -0.1) is 0 Å². The molecule has 1 saturated heterocycles. The van der Waals surface area contributed by atoms with Crippen LogP contribution in [0.15, 0.2) is 36.7 Å². The highest BCUT2D eigenvalue weighted by Gasteiger charge is 2.15. The lowest BCUT2D eigenvalue weighted by Gasteiger charge is -2.23. The quantitative estimate of drug-likeness (QED) is 0.805. The summed E-state index contributed by atoms with van der Waals surface area (Å²) in [5.74, 6) is 0.637. The molecule has 5 nitrogen and oxygen atoms in total. The van der Waals surface area contributed by atoms with E-state index in [4.69, 9.17) is 4.74 Å². The van der Waals surface area contributed by atoms with Crippen LogP contribution in [0.4, 0.5) is 10.1 Å². The van der Waals surface area contributed by atoms with E-state index in [1.807, 2.05) is 24.5 Å². The van der Waals surface area contributed by atoms with Crippen molar-refractivity contribution < 1.29 is 9.13 Å². The summed E-state index contributed by atoms with van der Waals surface area (Å²) in [5.41, 5.74) is 2.23. The van der Waals surface area contributed by atoms with E-state index in [0.717, 1.165) is 62.6 Å². The van der Waals surface area contributed by atoms with Crippen molar-refractivity contribution in [2.24, 2.45) is 0 Å². The second-order valence-corrected chi connectivity index (χ2v) is 6.34. The minimum Gasteiger partial charge on any atom is -0.384 e. The summed E-state index contributed by atoms with van der Waals surface area (Å²) in [5, 5.41) is 0. The summed E-state index contributed by atoms with van der Waals surface area (Å²) in [6.07, 6.45) is 5.67. The molecule has 0 aliphatic carbocycles. The molecule has 1 fully saturated rings. The SMILES string of the molecule is COCCc1ncc(CN2CCCN(c3ccc(F)cc3)CC2)cn1. The normalized spacial score (nSPS) is 16.0. The number of methoxy groups -OCH3 is 1. The summed E-state index contributed by atoms with van der Waals surface area (Å²) in [6.45, 7) is 5.46. The molecule has 0 spiro atoms. The third-order valence-electron chi connectivity index (χ3n) is 4.48. The Morgan fingerprint density at radius 1 is 1.04 bits per heavy atom. The predicted octanol–water partition coefficient (Wildman–Crippen LogP) is 2.52. The number of nitrogens with zero attached hydrogens (tertiary/aromatic N) is 4. The maximum absolute atomic E-state index is 13.1. The molecule has 0 radical (unpaired) electrons. The van der Waals surface area contributed by atoms with Gasteiger partial charge in [0.25, 0.3) is 0 Å². The number of anilines is 1. The average Bonchev–Trinajstić information content (AvgIpc) is 2.87. The van der Waals surface area contributed by atoms with Crippen molar-refractivity contribution in [1.82, 2.24) is 14.9 Å². The van der Waals surface area contributed by atoms with Gasteiger partial charge in [0, 0.05) is 69.9 Å². The molecular formula is C19H25FN4O. The minimum atomic E-state index is -0.186. The van der Waals surface area contributed by atoms with Crippen molar-refractivity contribution in [2.45, 2.75) is 19.4 Å². The van der Waals surface area contributed by atoms with Crippen LogP contribution in [0.2, 0.25) is 0 Å². The van der Waals surface area contributed by atoms with Gasteiger partial charge in [-0.05, 0) is 30.7 Å².